The smallest absolute Gasteiger partial charge is 0.409 e. The molecule has 2 atom stereocenters. The van der Waals surface area contributed by atoms with Crippen molar-refractivity contribution in [3.63, 3.8) is 0 Å². The maximum Gasteiger partial charge on any atom is 0.409 e. The molecule has 0 saturated carbocycles. The van der Waals surface area contributed by atoms with E-state index in [1.54, 1.807) is 60.0 Å². The summed E-state index contributed by atoms with van der Waals surface area (Å²) in [5.41, 5.74) is 1.92. The third kappa shape index (κ3) is 11.5. The highest BCUT2D eigenvalue weighted by molar-refractivity contribution is 6.01. The van der Waals surface area contributed by atoms with Gasteiger partial charge in [0.25, 0.3) is 11.8 Å². The van der Waals surface area contributed by atoms with Crippen molar-refractivity contribution in [3.8, 4) is 17.2 Å². The van der Waals surface area contributed by atoms with Crippen LogP contribution in [0.2, 0.25) is 0 Å². The van der Waals surface area contributed by atoms with E-state index in [-0.39, 0.29) is 88.3 Å². The molecule has 2 aromatic heterocycles. The van der Waals surface area contributed by atoms with Crippen molar-refractivity contribution in [1.82, 2.24) is 40.2 Å². The van der Waals surface area contributed by atoms with Crippen LogP contribution in [0, 0.1) is 0 Å². The van der Waals surface area contributed by atoms with E-state index in [2.05, 4.69) is 20.6 Å². The first kappa shape index (κ1) is 50.6. The van der Waals surface area contributed by atoms with Crippen molar-refractivity contribution >= 4 is 63.6 Å². The Bertz CT molecular complexity index is 3030. The number of hydrogen-bond donors (Lipinski definition) is 2. The Balaban J connectivity index is 1.00. The molecule has 2 aliphatic rings. The summed E-state index contributed by atoms with van der Waals surface area (Å²) in [5, 5.41) is 7.09. The molecule has 0 aliphatic carbocycles. The second-order valence-corrected chi connectivity index (χ2v) is 16.9. The van der Waals surface area contributed by atoms with E-state index in [0.29, 0.717) is 44.4 Å². The van der Waals surface area contributed by atoms with Crippen LogP contribution in [0.1, 0.15) is 68.4 Å². The van der Waals surface area contributed by atoms with Gasteiger partial charge < -0.3 is 53.9 Å². The summed E-state index contributed by atoms with van der Waals surface area (Å²) in [5.74, 6) is -1.94. The van der Waals surface area contributed by atoms with Gasteiger partial charge in [0.05, 0.1) is 44.0 Å². The van der Waals surface area contributed by atoms with Crippen LogP contribution in [0.5, 0.6) is 17.2 Å². The average Bonchev–Trinajstić information content (AvgIpc) is 3.43. The van der Waals surface area contributed by atoms with Crippen molar-refractivity contribution < 1.29 is 57.2 Å². The zero-order valence-electron chi connectivity index (χ0n) is 40.7. The first-order valence-corrected chi connectivity index (χ1v) is 23.7. The summed E-state index contributed by atoms with van der Waals surface area (Å²) >= 11 is 0. The number of nitrogens with one attached hydrogen (secondary N) is 2. The third-order valence-corrected chi connectivity index (χ3v) is 12.4. The molecule has 6 aromatic rings. The molecule has 0 spiro atoms. The maximum absolute atomic E-state index is 14.3. The molecule has 2 unspecified atom stereocenters. The molecule has 2 aliphatic heterocycles. The number of pyridine rings is 2. The summed E-state index contributed by atoms with van der Waals surface area (Å²) in [6, 6.07) is 27.0. The molecule has 2 N–H and O–H groups in total. The molecular formula is C53H54N8O12. The second kappa shape index (κ2) is 23.0. The summed E-state index contributed by atoms with van der Waals surface area (Å²) in [7, 11) is 2.97. The Morgan fingerprint density at radius 2 is 0.904 bits per heavy atom. The molecule has 0 radical (unpaired) electrons. The number of ether oxygens (including phenoxy) is 5. The summed E-state index contributed by atoms with van der Waals surface area (Å²) < 4.78 is 27.1. The van der Waals surface area contributed by atoms with Gasteiger partial charge in [0.15, 0.2) is 0 Å². The predicted molar refractivity (Wildman–Crippen MR) is 265 cm³/mol. The molecule has 0 bridgehead atoms. The number of amides is 6. The first-order valence-electron chi connectivity index (χ1n) is 23.7. The van der Waals surface area contributed by atoms with E-state index in [4.69, 9.17) is 23.7 Å². The highest BCUT2D eigenvalue weighted by Crippen LogP contribution is 2.29. The summed E-state index contributed by atoms with van der Waals surface area (Å²) in [6.45, 7) is 5.49. The van der Waals surface area contributed by atoms with Crippen molar-refractivity contribution in [3.05, 3.63) is 137 Å². The largest absolute Gasteiger partial charge is 0.496 e. The fourth-order valence-corrected chi connectivity index (χ4v) is 8.56. The molecule has 378 valence electrons. The van der Waals surface area contributed by atoms with Crippen molar-refractivity contribution in [2.24, 2.45) is 0 Å². The van der Waals surface area contributed by atoms with Gasteiger partial charge in [0.2, 0.25) is 11.8 Å². The topological polar surface area (TPSA) is 228 Å². The number of para-hydroxylation sites is 2. The Morgan fingerprint density at radius 1 is 0.521 bits per heavy atom. The van der Waals surface area contributed by atoms with Gasteiger partial charge in [-0.1, -0.05) is 48.5 Å². The van der Waals surface area contributed by atoms with Gasteiger partial charge in [-0.2, -0.15) is 0 Å². The zero-order valence-corrected chi connectivity index (χ0v) is 40.7. The summed E-state index contributed by atoms with van der Waals surface area (Å²) in [4.78, 5) is 110. The number of carbonyl (C=O) groups is 7. The molecule has 73 heavy (non-hydrogen) atoms. The van der Waals surface area contributed by atoms with E-state index >= 15 is 0 Å². The number of aromatic nitrogens is 2. The number of piperazine rings is 2. The van der Waals surface area contributed by atoms with Crippen molar-refractivity contribution in [2.45, 2.75) is 25.9 Å². The number of nitrogens with zero attached hydrogens (tertiary/aromatic N) is 6. The van der Waals surface area contributed by atoms with Crippen molar-refractivity contribution in [1.29, 1.82) is 0 Å². The van der Waals surface area contributed by atoms with E-state index in [1.807, 2.05) is 24.3 Å². The molecule has 2 fully saturated rings. The first-order chi connectivity index (χ1) is 35.4. The highest BCUT2D eigenvalue weighted by Gasteiger charge is 2.34. The Kier molecular flexibility index (Phi) is 15.9. The molecule has 6 amide bonds. The molecule has 4 aromatic carbocycles. The van der Waals surface area contributed by atoms with Crippen LogP contribution in [-0.4, -0.2) is 151 Å². The molecule has 20 nitrogen and oxygen atoms in total. The molecule has 20 heteroatoms. The zero-order chi connectivity index (χ0) is 51.6. The van der Waals surface area contributed by atoms with E-state index in [1.165, 1.54) is 72.6 Å². The number of hydrogen-bond acceptors (Lipinski definition) is 14. The lowest BCUT2D eigenvalue weighted by atomic mass is 10.0. The normalized spacial score (nSPS) is 14.4. The van der Waals surface area contributed by atoms with Gasteiger partial charge in [-0.3, -0.25) is 19.2 Å². The van der Waals surface area contributed by atoms with Gasteiger partial charge in [-0.25, -0.2) is 24.4 Å². The number of esters is 1. The number of carbonyl (C=O) groups excluding carboxylic acids is 7. The Hall–Kier alpha value is -8.81. The van der Waals surface area contributed by atoms with Crippen LogP contribution in [0.4, 0.5) is 9.59 Å². The minimum Gasteiger partial charge on any atom is -0.496 e. The fraction of sp³-hybridized carbons (Fsp3) is 0.302. The monoisotopic (exact) mass is 994 g/mol. The van der Waals surface area contributed by atoms with Crippen LogP contribution < -0.4 is 24.8 Å². The quantitative estimate of drug-likeness (QED) is 0.101. The lowest BCUT2D eigenvalue weighted by Gasteiger charge is -2.36. The second-order valence-electron chi connectivity index (χ2n) is 16.9. The van der Waals surface area contributed by atoms with Gasteiger partial charge in [0, 0.05) is 75.3 Å². The number of benzene rings is 4. The molecule has 8 rings (SSSR count). The Morgan fingerprint density at radius 3 is 1.30 bits per heavy atom. The highest BCUT2D eigenvalue weighted by atomic mass is 16.6. The molecule has 4 heterocycles. The standard InChI is InChI=1S/C53H54N8O12/c1-5-71-52(67)60-27-23-58(24-28-60)49(64)45(56-47(62)41-31-43(69-3)37-11-7-9-13-39(37)54-41)33-15-17-35(18-16-33)51(66)73-36-21-19-34(20-22-36)46(50(65)59-25-29-61(30-26-59)53(68)72-6-2)57-48(63)42-32-44(70-4)38-12-8-10-14-40(38)55-42/h7-22,31-32,45-46H,5-6,23-30H2,1-4H3,(H,56,62)(H,57,63). The molecule has 2 saturated heterocycles. The Labute approximate surface area is 420 Å². The SMILES string of the molecule is CCOC(=O)N1CCN(C(=O)C(NC(=O)c2cc(OC)c3ccccc3n2)c2ccc(OC(=O)c3ccc(C(NC(=O)c4cc(OC)c5ccccc5n4)C(=O)N4CCN(C(=O)OCC)CC4)cc3)cc2)CC1. The van der Waals surface area contributed by atoms with Crippen LogP contribution in [0.25, 0.3) is 21.8 Å². The summed E-state index contributed by atoms with van der Waals surface area (Å²) in [6.07, 6.45) is -0.954. The third-order valence-electron chi connectivity index (χ3n) is 12.4. The van der Waals surface area contributed by atoms with Crippen LogP contribution in [-0.2, 0) is 19.1 Å². The van der Waals surface area contributed by atoms with E-state index in [0.717, 1.165) is 0 Å². The maximum atomic E-state index is 14.3. The fourth-order valence-electron chi connectivity index (χ4n) is 8.56. The number of rotatable bonds is 14. The van der Waals surface area contributed by atoms with Gasteiger partial charge in [-0.05, 0) is 73.5 Å². The van der Waals surface area contributed by atoms with E-state index in [9.17, 15) is 33.6 Å². The predicted octanol–water partition coefficient (Wildman–Crippen LogP) is 5.56. The van der Waals surface area contributed by atoms with Crippen LogP contribution >= 0.6 is 0 Å². The lowest BCUT2D eigenvalue weighted by molar-refractivity contribution is -0.135. The number of methoxy groups -OCH3 is 2. The van der Waals surface area contributed by atoms with Crippen LogP contribution in [0.3, 0.4) is 0 Å². The van der Waals surface area contributed by atoms with Crippen LogP contribution in [0.15, 0.2) is 109 Å². The van der Waals surface area contributed by atoms with Gasteiger partial charge in [-0.15, -0.1) is 0 Å². The minimum atomic E-state index is -1.23. The lowest BCUT2D eigenvalue weighted by Crippen LogP contribution is -2.53. The van der Waals surface area contributed by atoms with Gasteiger partial charge >= 0.3 is 18.2 Å². The average molecular weight is 995 g/mol. The van der Waals surface area contributed by atoms with Gasteiger partial charge in [0.1, 0.15) is 40.7 Å². The number of fused-ring (bicyclic) bond motifs is 2. The minimum absolute atomic E-state index is 0.0150. The van der Waals surface area contributed by atoms with Crippen molar-refractivity contribution in [2.75, 3.05) is 79.8 Å². The molecular weight excluding hydrogens is 941 g/mol. The van der Waals surface area contributed by atoms with E-state index < -0.39 is 53.9 Å².